The summed E-state index contributed by atoms with van der Waals surface area (Å²) in [5.74, 6) is 0.534. The second-order valence-corrected chi connectivity index (χ2v) is 8.25. The smallest absolute Gasteiger partial charge is 0.153 e. The van der Waals surface area contributed by atoms with Crippen LogP contribution in [0.25, 0.3) is 22.0 Å². The maximum absolute atomic E-state index is 12.3. The number of allylic oxidation sites excluding steroid dienone is 2. The first kappa shape index (κ1) is 20.3. The van der Waals surface area contributed by atoms with Gasteiger partial charge in [-0.15, -0.1) is 0 Å². The Morgan fingerprint density at radius 2 is 2.00 bits per heavy atom. The van der Waals surface area contributed by atoms with Crippen LogP contribution >= 0.6 is 0 Å². The van der Waals surface area contributed by atoms with Crippen LogP contribution in [0.5, 0.6) is 0 Å². The van der Waals surface area contributed by atoms with E-state index >= 15 is 0 Å². The van der Waals surface area contributed by atoms with Crippen molar-refractivity contribution < 1.29 is 9.53 Å². The second-order valence-electron chi connectivity index (χ2n) is 8.25. The zero-order valence-corrected chi connectivity index (χ0v) is 18.0. The number of carbonyl (C=O) groups is 1. The molecule has 2 aliphatic rings. The number of nitrogen functional groups attached to an aromatic ring is 1. The van der Waals surface area contributed by atoms with E-state index in [1.54, 1.807) is 0 Å². The van der Waals surface area contributed by atoms with Gasteiger partial charge >= 0.3 is 0 Å². The minimum Gasteiger partial charge on any atom is -0.382 e. The maximum Gasteiger partial charge on any atom is 0.153 e. The summed E-state index contributed by atoms with van der Waals surface area (Å²) in [6, 6.07) is 14.4. The van der Waals surface area contributed by atoms with Gasteiger partial charge in [0.2, 0.25) is 0 Å². The molecule has 1 atom stereocenters. The third kappa shape index (κ3) is 3.42. The number of fused-ring (bicyclic) bond motifs is 1. The van der Waals surface area contributed by atoms with Gasteiger partial charge in [0.25, 0.3) is 0 Å². The Morgan fingerprint density at radius 1 is 1.16 bits per heavy atom. The van der Waals surface area contributed by atoms with Crippen LogP contribution < -0.4 is 16.0 Å². The third-order valence-electron chi connectivity index (χ3n) is 6.26. The largest absolute Gasteiger partial charge is 0.382 e. The molecule has 5 rings (SSSR count). The van der Waals surface area contributed by atoms with Crippen molar-refractivity contribution in [3.05, 3.63) is 78.0 Å². The van der Waals surface area contributed by atoms with Gasteiger partial charge in [-0.3, -0.25) is 4.79 Å². The van der Waals surface area contributed by atoms with Gasteiger partial charge in [0, 0.05) is 18.5 Å². The highest BCUT2D eigenvalue weighted by Gasteiger charge is 2.32. The zero-order chi connectivity index (χ0) is 22.1. The summed E-state index contributed by atoms with van der Waals surface area (Å²) in [5, 5.41) is 4.26. The van der Waals surface area contributed by atoms with Gasteiger partial charge in [-0.1, -0.05) is 30.3 Å². The van der Waals surface area contributed by atoms with E-state index in [2.05, 4.69) is 46.4 Å². The first-order valence-corrected chi connectivity index (χ1v) is 10.8. The van der Waals surface area contributed by atoms with Crippen molar-refractivity contribution in [2.24, 2.45) is 0 Å². The van der Waals surface area contributed by atoms with Crippen molar-refractivity contribution >= 4 is 28.7 Å². The number of anilines is 2. The number of morpholine rings is 1. The summed E-state index contributed by atoms with van der Waals surface area (Å²) in [4.78, 5) is 19.1. The minimum absolute atomic E-state index is 0.534. The number of aromatic nitrogens is 1. The molecule has 0 aliphatic carbocycles. The molecule has 1 saturated heterocycles. The molecule has 1 fully saturated rings. The summed E-state index contributed by atoms with van der Waals surface area (Å²) in [7, 11) is 0. The number of rotatable bonds is 4. The molecule has 0 bridgehead atoms. The standard InChI is InChI=1S/C26H26N4O2/c1-18-5-4-6-21(26(17-31)9-2-3-10-28-26)24(18)19-7-8-22-20(15-19)16-23(25(27)29-22)30-11-13-32-14-12-30/h2-10,15-17,28H,11-14H2,1H3,(H2,27,29). The summed E-state index contributed by atoms with van der Waals surface area (Å²) < 4.78 is 5.48. The molecule has 3 N–H and O–H groups in total. The summed E-state index contributed by atoms with van der Waals surface area (Å²) >= 11 is 0. The topological polar surface area (TPSA) is 80.5 Å². The van der Waals surface area contributed by atoms with E-state index in [-0.39, 0.29) is 0 Å². The van der Waals surface area contributed by atoms with Crippen LogP contribution in [-0.2, 0) is 15.1 Å². The number of hydrogen-bond donors (Lipinski definition) is 2. The van der Waals surface area contributed by atoms with Crippen LogP contribution in [0.3, 0.4) is 0 Å². The molecule has 1 unspecified atom stereocenters. The zero-order valence-electron chi connectivity index (χ0n) is 18.0. The maximum atomic E-state index is 12.3. The average Bonchev–Trinajstić information content (AvgIpc) is 2.84. The third-order valence-corrected chi connectivity index (χ3v) is 6.26. The van der Waals surface area contributed by atoms with Crippen LogP contribution in [0.15, 0.2) is 66.9 Å². The highest BCUT2D eigenvalue weighted by atomic mass is 16.5. The van der Waals surface area contributed by atoms with E-state index in [9.17, 15) is 4.79 Å². The lowest BCUT2D eigenvalue weighted by Gasteiger charge is -2.31. The Morgan fingerprint density at radius 3 is 2.75 bits per heavy atom. The molecule has 0 radical (unpaired) electrons. The van der Waals surface area contributed by atoms with E-state index in [4.69, 9.17) is 10.5 Å². The highest BCUT2D eigenvalue weighted by Crippen LogP contribution is 2.37. The van der Waals surface area contributed by atoms with E-state index in [0.29, 0.717) is 19.0 Å². The van der Waals surface area contributed by atoms with Gasteiger partial charge in [0.05, 0.1) is 24.4 Å². The summed E-state index contributed by atoms with van der Waals surface area (Å²) in [6.07, 6.45) is 8.46. The number of benzene rings is 2. The van der Waals surface area contributed by atoms with Crippen LogP contribution in [0, 0.1) is 6.92 Å². The van der Waals surface area contributed by atoms with Gasteiger partial charge in [-0.25, -0.2) is 4.98 Å². The van der Waals surface area contributed by atoms with Gasteiger partial charge < -0.3 is 20.7 Å². The fourth-order valence-electron chi connectivity index (χ4n) is 4.59. The number of aldehydes is 1. The van der Waals surface area contributed by atoms with Crippen LogP contribution in [0.2, 0.25) is 0 Å². The van der Waals surface area contributed by atoms with Crippen LogP contribution in [0.4, 0.5) is 11.5 Å². The molecule has 162 valence electrons. The number of aryl methyl sites for hydroxylation is 1. The van der Waals surface area contributed by atoms with Crippen molar-refractivity contribution in [3.8, 4) is 11.1 Å². The number of carbonyl (C=O) groups excluding carboxylic acids is 1. The minimum atomic E-state index is -0.899. The Balaban J connectivity index is 1.65. The lowest BCUT2D eigenvalue weighted by atomic mass is 9.82. The lowest BCUT2D eigenvalue weighted by Crippen LogP contribution is -2.40. The molecular formula is C26H26N4O2. The van der Waals surface area contributed by atoms with Crippen LogP contribution in [0.1, 0.15) is 11.1 Å². The van der Waals surface area contributed by atoms with E-state index in [1.807, 2.05) is 42.6 Å². The van der Waals surface area contributed by atoms with Crippen molar-refractivity contribution in [2.45, 2.75) is 12.5 Å². The fourth-order valence-corrected chi connectivity index (χ4v) is 4.59. The van der Waals surface area contributed by atoms with Crippen molar-refractivity contribution in [1.82, 2.24) is 10.3 Å². The molecule has 6 heteroatoms. The summed E-state index contributed by atoms with van der Waals surface area (Å²) in [6.45, 7) is 5.04. The van der Waals surface area contributed by atoms with E-state index in [1.165, 1.54) is 0 Å². The number of nitrogens with zero attached hydrogens (tertiary/aromatic N) is 2. The first-order chi connectivity index (χ1) is 15.6. The summed E-state index contributed by atoms with van der Waals surface area (Å²) in [5.41, 5.74) is 11.3. The number of nitrogens with two attached hydrogens (primary N) is 1. The Bertz CT molecular complexity index is 1240. The predicted octanol–water partition coefficient (Wildman–Crippen LogP) is 3.70. The van der Waals surface area contributed by atoms with Crippen molar-refractivity contribution in [1.29, 1.82) is 0 Å². The van der Waals surface area contributed by atoms with Crippen molar-refractivity contribution in [3.63, 3.8) is 0 Å². The van der Waals surface area contributed by atoms with Crippen LogP contribution in [-0.4, -0.2) is 37.6 Å². The normalized spacial score (nSPS) is 20.3. The monoisotopic (exact) mass is 426 g/mol. The Kier molecular flexibility index (Phi) is 5.15. The quantitative estimate of drug-likeness (QED) is 0.620. The molecule has 3 aromatic rings. The average molecular weight is 427 g/mol. The molecule has 0 amide bonds. The lowest BCUT2D eigenvalue weighted by molar-refractivity contribution is -0.111. The Hall–Kier alpha value is -3.64. The number of nitrogens with one attached hydrogen (secondary N) is 1. The molecule has 32 heavy (non-hydrogen) atoms. The fraction of sp³-hybridized carbons (Fsp3) is 0.231. The molecule has 1 aromatic heterocycles. The molecule has 2 aromatic carbocycles. The van der Waals surface area contributed by atoms with Crippen molar-refractivity contribution in [2.75, 3.05) is 36.9 Å². The van der Waals surface area contributed by atoms with Gasteiger partial charge in [0.1, 0.15) is 11.4 Å². The molecule has 0 spiro atoms. The second kappa shape index (κ2) is 8.13. The van der Waals surface area contributed by atoms with Gasteiger partial charge in [-0.2, -0.15) is 0 Å². The first-order valence-electron chi connectivity index (χ1n) is 10.8. The number of hydrogen-bond acceptors (Lipinski definition) is 6. The van der Waals surface area contributed by atoms with E-state index in [0.717, 1.165) is 58.2 Å². The highest BCUT2D eigenvalue weighted by molar-refractivity contribution is 5.92. The number of dihydropyridines is 1. The van der Waals surface area contributed by atoms with Gasteiger partial charge in [0.15, 0.2) is 6.29 Å². The van der Waals surface area contributed by atoms with Gasteiger partial charge in [-0.05, 0) is 65.7 Å². The SMILES string of the molecule is Cc1cccc(C2(C=O)C=CC=CN2)c1-c1ccc2nc(N)c(N3CCOCC3)cc2c1. The Labute approximate surface area is 187 Å². The number of pyridine rings is 1. The molecule has 3 heterocycles. The number of ether oxygens (including phenoxy) is 1. The molecule has 0 saturated carbocycles. The molecular weight excluding hydrogens is 400 g/mol. The molecule has 2 aliphatic heterocycles. The predicted molar refractivity (Wildman–Crippen MR) is 129 cm³/mol. The molecule has 6 nitrogen and oxygen atoms in total. The van der Waals surface area contributed by atoms with E-state index < -0.39 is 5.54 Å².